The molecule has 15 heteroatoms. The number of nitrogens with one attached hydrogen (secondary N) is 2. The molecule has 6 N–H and O–H groups in total. The maximum atomic E-state index is 12.5. The summed E-state index contributed by atoms with van der Waals surface area (Å²) < 4.78 is 22.4. The number of fused-ring (bicyclic) bond motifs is 1. The third-order valence-corrected chi connectivity index (χ3v) is 6.36. The maximum Gasteiger partial charge on any atom is 0.469 e. The van der Waals surface area contributed by atoms with E-state index >= 15 is 0 Å². The molecule has 168 valence electrons. The topological polar surface area (TPSA) is 192 Å². The van der Waals surface area contributed by atoms with Crippen LogP contribution in [0.1, 0.15) is 12.5 Å². The highest BCUT2D eigenvalue weighted by atomic mass is 32.1. The number of hydrogen-bond acceptors (Lipinski definition) is 10. The van der Waals surface area contributed by atoms with Gasteiger partial charge in [-0.1, -0.05) is 0 Å². The van der Waals surface area contributed by atoms with Crippen LogP contribution in [-0.2, 0) is 19.6 Å². The van der Waals surface area contributed by atoms with Gasteiger partial charge in [0.2, 0.25) is 5.95 Å². The average Bonchev–Trinajstić information content (AvgIpc) is 3.34. The van der Waals surface area contributed by atoms with E-state index in [4.69, 9.17) is 14.5 Å². The van der Waals surface area contributed by atoms with Crippen LogP contribution in [0.3, 0.4) is 0 Å². The third-order valence-electron chi connectivity index (χ3n) is 4.91. The van der Waals surface area contributed by atoms with Crippen LogP contribution < -0.4 is 10.9 Å². The molecule has 3 aromatic rings. The Bertz CT molecular complexity index is 1220. The number of aromatic nitrogens is 4. The number of thiophene rings is 1. The molecule has 0 radical (unpaired) electrons. The van der Waals surface area contributed by atoms with E-state index < -0.39 is 44.0 Å². The zero-order valence-electron chi connectivity index (χ0n) is 16.3. The van der Waals surface area contributed by atoms with Crippen molar-refractivity contribution in [3.63, 3.8) is 0 Å². The van der Waals surface area contributed by atoms with Crippen molar-refractivity contribution in [1.29, 1.82) is 0 Å². The number of ether oxygens (including phenoxy) is 1. The smallest absolute Gasteiger partial charge is 0.387 e. The summed E-state index contributed by atoms with van der Waals surface area (Å²) in [4.78, 5) is 41.3. The van der Waals surface area contributed by atoms with E-state index in [9.17, 15) is 19.6 Å². The highest BCUT2D eigenvalue weighted by Crippen LogP contribution is 2.41. The molecule has 3 aromatic heterocycles. The molecular weight excluding hydrogens is 453 g/mol. The van der Waals surface area contributed by atoms with Crippen molar-refractivity contribution in [2.45, 2.75) is 37.9 Å². The lowest BCUT2D eigenvalue weighted by molar-refractivity contribution is -0.131. The van der Waals surface area contributed by atoms with Crippen LogP contribution in [0.5, 0.6) is 0 Å². The average molecular weight is 473 g/mol. The Morgan fingerprint density at radius 1 is 1.45 bits per heavy atom. The number of anilines is 2. The van der Waals surface area contributed by atoms with Gasteiger partial charge in [0, 0.05) is 0 Å². The van der Waals surface area contributed by atoms with Crippen LogP contribution in [0.4, 0.5) is 10.9 Å². The lowest BCUT2D eigenvalue weighted by Gasteiger charge is -2.29. The Labute approximate surface area is 178 Å². The zero-order valence-corrected chi connectivity index (χ0v) is 18.0. The molecule has 31 heavy (non-hydrogen) atoms. The van der Waals surface area contributed by atoms with Crippen molar-refractivity contribution in [3.8, 4) is 0 Å². The predicted molar refractivity (Wildman–Crippen MR) is 109 cm³/mol. The first kappa shape index (κ1) is 22.0. The van der Waals surface area contributed by atoms with Crippen molar-refractivity contribution >= 4 is 41.3 Å². The number of phosphoric acid groups is 1. The van der Waals surface area contributed by atoms with Gasteiger partial charge in [-0.2, -0.15) is 4.98 Å². The van der Waals surface area contributed by atoms with Gasteiger partial charge < -0.3 is 30.1 Å². The van der Waals surface area contributed by atoms with Crippen LogP contribution in [-0.4, -0.2) is 64.4 Å². The molecule has 0 spiro atoms. The Morgan fingerprint density at radius 3 is 2.84 bits per heavy atom. The molecular formula is C16H20N5O8PS. The molecule has 1 fully saturated rings. The Kier molecular flexibility index (Phi) is 5.52. The van der Waals surface area contributed by atoms with E-state index in [1.165, 1.54) is 29.2 Å². The van der Waals surface area contributed by atoms with Gasteiger partial charge in [-0.05, 0) is 30.9 Å². The minimum Gasteiger partial charge on any atom is -0.387 e. The number of aromatic amines is 1. The van der Waals surface area contributed by atoms with Crippen molar-refractivity contribution < 1.29 is 33.8 Å². The highest BCUT2D eigenvalue weighted by Gasteiger charge is 2.53. The van der Waals surface area contributed by atoms with Crippen molar-refractivity contribution in [3.05, 3.63) is 33.7 Å². The van der Waals surface area contributed by atoms with Crippen molar-refractivity contribution in [2.24, 2.45) is 0 Å². The molecule has 0 amide bonds. The summed E-state index contributed by atoms with van der Waals surface area (Å²) in [5.74, 6) is 0.138. The van der Waals surface area contributed by atoms with Crippen molar-refractivity contribution in [2.75, 3.05) is 11.9 Å². The van der Waals surface area contributed by atoms with Gasteiger partial charge in [0.1, 0.15) is 18.3 Å². The number of H-pyrrole nitrogens is 1. The second-order valence-corrected chi connectivity index (χ2v) is 9.40. The zero-order chi connectivity index (χ0) is 22.6. The first-order valence-electron chi connectivity index (χ1n) is 9.02. The number of imidazole rings is 1. The van der Waals surface area contributed by atoms with Gasteiger partial charge in [-0.3, -0.25) is 18.9 Å². The van der Waals surface area contributed by atoms with Crippen LogP contribution in [0, 0.1) is 6.92 Å². The third kappa shape index (κ3) is 4.16. The van der Waals surface area contributed by atoms with Crippen LogP contribution in [0.2, 0.25) is 0 Å². The Balaban J connectivity index is 1.69. The van der Waals surface area contributed by atoms with Crippen molar-refractivity contribution in [1.82, 2.24) is 19.5 Å². The van der Waals surface area contributed by atoms with E-state index in [1.54, 1.807) is 0 Å². The highest BCUT2D eigenvalue weighted by molar-refractivity contribution is 7.46. The number of phosphoric ester groups is 1. The first-order valence-corrected chi connectivity index (χ1v) is 11.4. The monoisotopic (exact) mass is 473 g/mol. The summed E-state index contributed by atoms with van der Waals surface area (Å²) in [6, 6.07) is 1.87. The van der Waals surface area contributed by atoms with Crippen LogP contribution >= 0.6 is 19.2 Å². The lowest BCUT2D eigenvalue weighted by atomic mass is 10.0. The Morgan fingerprint density at radius 2 is 2.19 bits per heavy atom. The number of nitrogens with zero attached hydrogens (tertiary/aromatic N) is 3. The molecule has 0 aromatic carbocycles. The van der Waals surface area contributed by atoms with E-state index in [-0.39, 0.29) is 17.1 Å². The molecule has 0 unspecified atom stereocenters. The number of aryl methyl sites for hydroxylation is 1. The summed E-state index contributed by atoms with van der Waals surface area (Å²) in [6.45, 7) is 2.69. The lowest BCUT2D eigenvalue weighted by Crippen LogP contribution is -2.43. The minimum atomic E-state index is -4.81. The van der Waals surface area contributed by atoms with Gasteiger partial charge >= 0.3 is 7.82 Å². The molecule has 0 bridgehead atoms. The van der Waals surface area contributed by atoms with E-state index in [1.807, 2.05) is 18.4 Å². The first-order chi connectivity index (χ1) is 14.5. The summed E-state index contributed by atoms with van der Waals surface area (Å²) in [5, 5.41) is 26.6. The summed E-state index contributed by atoms with van der Waals surface area (Å²) in [7, 11) is -4.81. The molecule has 0 saturated carbocycles. The fraction of sp³-hybridized carbons (Fsp3) is 0.438. The van der Waals surface area contributed by atoms with E-state index in [2.05, 4.69) is 24.8 Å². The minimum absolute atomic E-state index is 0.0191. The van der Waals surface area contributed by atoms with Crippen LogP contribution in [0.15, 0.2) is 22.6 Å². The molecule has 1 aliphatic heterocycles. The quantitative estimate of drug-likeness (QED) is 0.267. The Hall–Kier alpha value is -2.16. The van der Waals surface area contributed by atoms with E-state index in [0.29, 0.717) is 0 Å². The fourth-order valence-corrected chi connectivity index (χ4v) is 4.51. The largest absolute Gasteiger partial charge is 0.469 e. The summed E-state index contributed by atoms with van der Waals surface area (Å²) in [6.07, 6.45) is -3.08. The van der Waals surface area contributed by atoms with Gasteiger partial charge in [0.15, 0.2) is 16.9 Å². The standard InChI is InChI=1S/C16H20N5O8PS/c1-7-3-9(31-5-7)18-15-19-13-10(14(24)20-15)17-6-21(13)16(2)12(23)11(22)8(29-16)4-28-30(25,26)27/h3,5-6,8,11-12,22-23H,4H2,1-2H3,(H2,25,26,27)(H2,18,19,20,24)/t8-,11-,12-,16-/m1/s1. The van der Waals surface area contributed by atoms with Gasteiger partial charge in [-0.25, -0.2) is 9.55 Å². The molecule has 1 aliphatic rings. The van der Waals surface area contributed by atoms with Gasteiger partial charge in [-0.15, -0.1) is 11.3 Å². The second kappa shape index (κ2) is 7.76. The van der Waals surface area contributed by atoms with Crippen LogP contribution in [0.25, 0.3) is 11.2 Å². The fourth-order valence-electron chi connectivity index (χ4n) is 3.38. The summed E-state index contributed by atoms with van der Waals surface area (Å²) >= 11 is 1.42. The second-order valence-electron chi connectivity index (χ2n) is 7.25. The van der Waals surface area contributed by atoms with Gasteiger partial charge in [0.25, 0.3) is 5.56 Å². The molecule has 0 aliphatic carbocycles. The summed E-state index contributed by atoms with van der Waals surface area (Å²) in [5.41, 5.74) is -1.08. The molecule has 4 heterocycles. The predicted octanol–water partition coefficient (Wildman–Crippen LogP) is 0.136. The molecule has 4 atom stereocenters. The molecule has 4 rings (SSSR count). The maximum absolute atomic E-state index is 12.5. The number of aliphatic hydroxyl groups excluding tert-OH is 2. The number of rotatable bonds is 6. The van der Waals surface area contributed by atoms with Gasteiger partial charge in [0.05, 0.1) is 17.9 Å². The molecule has 1 saturated heterocycles. The number of aliphatic hydroxyl groups is 2. The normalized spacial score (nSPS) is 26.6. The van der Waals surface area contributed by atoms with E-state index in [0.717, 1.165) is 10.6 Å². The number of hydrogen-bond donors (Lipinski definition) is 6. The molecule has 13 nitrogen and oxygen atoms in total. The SMILES string of the molecule is Cc1csc(Nc2nc3c(ncn3[C@]3(C)O[C@H](COP(=O)(O)O)[C@@H](O)[C@H]3O)c(=O)[nH]2)c1.